The first-order valence-electron chi connectivity index (χ1n) is 9.55. The van der Waals surface area contributed by atoms with E-state index >= 15 is 0 Å². The molecule has 0 aromatic heterocycles. The molecule has 1 heterocycles. The van der Waals surface area contributed by atoms with Gasteiger partial charge in [0.15, 0.2) is 0 Å². The van der Waals surface area contributed by atoms with E-state index in [1.165, 1.54) is 8.61 Å². The number of carbonyl (C=O) groups is 1. The van der Waals surface area contributed by atoms with Gasteiger partial charge < -0.3 is 10.1 Å². The predicted octanol–water partition coefficient (Wildman–Crippen LogP) is 2.70. The summed E-state index contributed by atoms with van der Waals surface area (Å²) in [6.07, 6.45) is 0.667. The number of ether oxygens (including phenoxy) is 1. The maximum absolute atomic E-state index is 13.0. The number of nitrogens with zero attached hydrogens (tertiary/aromatic N) is 2. The van der Waals surface area contributed by atoms with Gasteiger partial charge in [0.25, 0.3) is 10.2 Å². The fourth-order valence-corrected chi connectivity index (χ4v) is 5.06. The van der Waals surface area contributed by atoms with Gasteiger partial charge in [0.2, 0.25) is 5.91 Å². The minimum Gasteiger partial charge on any atom is -0.497 e. The van der Waals surface area contributed by atoms with Gasteiger partial charge >= 0.3 is 0 Å². The van der Waals surface area contributed by atoms with Crippen LogP contribution in [0.5, 0.6) is 5.75 Å². The van der Waals surface area contributed by atoms with Crippen molar-refractivity contribution >= 4 is 21.8 Å². The number of benzene rings is 2. The van der Waals surface area contributed by atoms with Crippen molar-refractivity contribution in [2.45, 2.75) is 26.8 Å². The molecule has 0 radical (unpaired) electrons. The van der Waals surface area contributed by atoms with E-state index < -0.39 is 10.2 Å². The Morgan fingerprint density at radius 3 is 2.59 bits per heavy atom. The molecule has 0 aliphatic carbocycles. The van der Waals surface area contributed by atoms with Crippen LogP contribution in [-0.4, -0.2) is 49.7 Å². The van der Waals surface area contributed by atoms with Crippen LogP contribution in [0.15, 0.2) is 42.5 Å². The van der Waals surface area contributed by atoms with E-state index in [0.717, 1.165) is 16.7 Å². The van der Waals surface area contributed by atoms with Crippen LogP contribution in [-0.2, 0) is 21.5 Å². The predicted molar refractivity (Wildman–Crippen MR) is 113 cm³/mol. The van der Waals surface area contributed by atoms with Crippen molar-refractivity contribution in [3.63, 3.8) is 0 Å². The number of carbonyl (C=O) groups excluding carboxylic acids is 1. The van der Waals surface area contributed by atoms with Gasteiger partial charge in [0.1, 0.15) is 5.75 Å². The molecule has 2 aromatic rings. The van der Waals surface area contributed by atoms with Crippen molar-refractivity contribution < 1.29 is 17.9 Å². The Hall–Kier alpha value is -2.42. The molecule has 1 N–H and O–H groups in total. The fourth-order valence-electron chi connectivity index (χ4n) is 3.42. The third-order valence-electron chi connectivity index (χ3n) is 4.94. The molecule has 2 aromatic carbocycles. The molecule has 0 saturated carbocycles. The van der Waals surface area contributed by atoms with Crippen molar-refractivity contribution in [2.24, 2.45) is 0 Å². The van der Waals surface area contributed by atoms with Gasteiger partial charge in [-0.15, -0.1) is 0 Å². The Morgan fingerprint density at radius 2 is 1.86 bits per heavy atom. The van der Waals surface area contributed by atoms with Gasteiger partial charge in [0.05, 0.1) is 13.7 Å². The van der Waals surface area contributed by atoms with Crippen molar-refractivity contribution in [3.8, 4) is 5.75 Å². The molecule has 1 saturated heterocycles. The van der Waals surface area contributed by atoms with E-state index in [1.807, 2.05) is 56.3 Å². The second-order valence-corrected chi connectivity index (χ2v) is 9.17. The minimum atomic E-state index is -3.72. The van der Waals surface area contributed by atoms with Gasteiger partial charge in [-0.1, -0.05) is 29.8 Å². The van der Waals surface area contributed by atoms with Crippen LogP contribution < -0.4 is 10.1 Å². The standard InChI is InChI=1S/C21H27N3O4S/c1-16-8-9-20(17(2)12-16)22-21(25)15-24-11-5-10-23(29(24,26)27)14-18-6-4-7-19(13-18)28-3/h4,6-9,12-13H,5,10-11,14-15H2,1-3H3,(H,22,25). The monoisotopic (exact) mass is 417 g/mol. The fraction of sp³-hybridized carbons (Fsp3) is 0.381. The molecule has 0 bridgehead atoms. The van der Waals surface area contributed by atoms with Crippen LogP contribution in [0.25, 0.3) is 0 Å². The van der Waals surface area contributed by atoms with E-state index in [4.69, 9.17) is 4.74 Å². The summed E-state index contributed by atoms with van der Waals surface area (Å²) in [7, 11) is -2.15. The zero-order valence-corrected chi connectivity index (χ0v) is 17.8. The molecule has 0 spiro atoms. The van der Waals surface area contributed by atoms with Gasteiger partial charge in [-0.25, -0.2) is 0 Å². The molecule has 1 aliphatic rings. The van der Waals surface area contributed by atoms with Crippen molar-refractivity contribution in [1.29, 1.82) is 0 Å². The number of hydrogen-bond acceptors (Lipinski definition) is 4. The number of nitrogens with one attached hydrogen (secondary N) is 1. The molecule has 156 valence electrons. The largest absolute Gasteiger partial charge is 0.497 e. The lowest BCUT2D eigenvalue weighted by Crippen LogP contribution is -2.51. The molecule has 1 fully saturated rings. The first-order valence-corrected chi connectivity index (χ1v) is 10.9. The maximum atomic E-state index is 13.0. The Morgan fingerprint density at radius 1 is 1.10 bits per heavy atom. The first kappa shape index (κ1) is 21.3. The lowest BCUT2D eigenvalue weighted by Gasteiger charge is -2.34. The van der Waals surface area contributed by atoms with E-state index in [9.17, 15) is 13.2 Å². The summed E-state index contributed by atoms with van der Waals surface area (Å²) < 4.78 is 33.9. The summed E-state index contributed by atoms with van der Waals surface area (Å²) in [5, 5.41) is 2.82. The van der Waals surface area contributed by atoms with E-state index in [1.54, 1.807) is 7.11 Å². The lowest BCUT2D eigenvalue weighted by molar-refractivity contribution is -0.116. The molecule has 0 atom stereocenters. The second-order valence-electron chi connectivity index (χ2n) is 7.25. The lowest BCUT2D eigenvalue weighted by atomic mass is 10.1. The maximum Gasteiger partial charge on any atom is 0.282 e. The molecule has 1 amide bonds. The zero-order valence-electron chi connectivity index (χ0n) is 17.0. The molecule has 8 heteroatoms. The molecule has 0 unspecified atom stereocenters. The number of methoxy groups -OCH3 is 1. The van der Waals surface area contributed by atoms with Crippen LogP contribution in [0, 0.1) is 13.8 Å². The molecule has 1 aliphatic heterocycles. The highest BCUT2D eigenvalue weighted by molar-refractivity contribution is 7.86. The minimum absolute atomic E-state index is 0.204. The van der Waals surface area contributed by atoms with Crippen LogP contribution in [0.1, 0.15) is 23.1 Å². The summed E-state index contributed by atoms with van der Waals surface area (Å²) in [5.74, 6) is 0.338. The molecular formula is C21H27N3O4S. The second kappa shape index (κ2) is 8.94. The number of amides is 1. The normalized spacial score (nSPS) is 17.1. The SMILES string of the molecule is COc1cccc(CN2CCCN(CC(=O)Nc3ccc(C)cc3C)S2(=O)=O)c1. The topological polar surface area (TPSA) is 79.0 Å². The summed E-state index contributed by atoms with van der Waals surface area (Å²) in [6.45, 7) is 4.69. The molecular weight excluding hydrogens is 390 g/mol. The highest BCUT2D eigenvalue weighted by atomic mass is 32.2. The highest BCUT2D eigenvalue weighted by Gasteiger charge is 2.34. The Labute approximate surface area is 172 Å². The third-order valence-corrected chi connectivity index (χ3v) is 6.87. The molecule has 3 rings (SSSR count). The van der Waals surface area contributed by atoms with Crippen molar-refractivity contribution in [1.82, 2.24) is 8.61 Å². The summed E-state index contributed by atoms with van der Waals surface area (Å²) in [5.41, 5.74) is 3.59. The van der Waals surface area contributed by atoms with Gasteiger partial charge in [-0.05, 0) is 49.6 Å². The molecule has 7 nitrogen and oxygen atoms in total. The number of anilines is 1. The average Bonchev–Trinajstić information content (AvgIpc) is 2.67. The van der Waals surface area contributed by atoms with Crippen LogP contribution >= 0.6 is 0 Å². The third kappa shape index (κ3) is 5.14. The molecule has 29 heavy (non-hydrogen) atoms. The van der Waals surface area contributed by atoms with Crippen LogP contribution in [0.4, 0.5) is 5.69 Å². The average molecular weight is 418 g/mol. The van der Waals surface area contributed by atoms with Crippen LogP contribution in [0.2, 0.25) is 0 Å². The smallest absolute Gasteiger partial charge is 0.282 e. The van der Waals surface area contributed by atoms with Gasteiger partial charge in [-0.3, -0.25) is 4.79 Å². The Balaban J connectivity index is 1.68. The number of aryl methyl sites for hydroxylation is 2. The van der Waals surface area contributed by atoms with E-state index in [0.29, 0.717) is 30.9 Å². The summed E-state index contributed by atoms with van der Waals surface area (Å²) in [6, 6.07) is 13.1. The number of rotatable bonds is 6. The van der Waals surface area contributed by atoms with E-state index in [2.05, 4.69) is 5.32 Å². The van der Waals surface area contributed by atoms with E-state index in [-0.39, 0.29) is 19.0 Å². The quantitative estimate of drug-likeness (QED) is 0.784. The first-order chi connectivity index (χ1) is 13.8. The van der Waals surface area contributed by atoms with Gasteiger partial charge in [-0.2, -0.15) is 17.0 Å². The van der Waals surface area contributed by atoms with Gasteiger partial charge in [0, 0.05) is 25.3 Å². The number of hydrogen-bond donors (Lipinski definition) is 1. The van der Waals surface area contributed by atoms with Crippen LogP contribution in [0.3, 0.4) is 0 Å². The summed E-state index contributed by atoms with van der Waals surface area (Å²) >= 11 is 0. The highest BCUT2D eigenvalue weighted by Crippen LogP contribution is 2.22. The Bertz CT molecular complexity index is 991. The summed E-state index contributed by atoms with van der Waals surface area (Å²) in [4.78, 5) is 12.5. The Kier molecular flexibility index (Phi) is 6.56. The zero-order chi connectivity index (χ0) is 21.0. The van der Waals surface area contributed by atoms with Crippen molar-refractivity contribution in [3.05, 3.63) is 59.2 Å². The van der Waals surface area contributed by atoms with Crippen molar-refractivity contribution in [2.75, 3.05) is 32.1 Å².